The summed E-state index contributed by atoms with van der Waals surface area (Å²) in [6.07, 6.45) is 0. The molecule has 0 radical (unpaired) electrons. The number of thiophene rings is 1. The molecular formula is C28H31N3O3S. The van der Waals surface area contributed by atoms with Crippen LogP contribution in [0.1, 0.15) is 60.9 Å². The number of aryl methyl sites for hydroxylation is 1. The molecule has 35 heavy (non-hydrogen) atoms. The highest BCUT2D eigenvalue weighted by Crippen LogP contribution is 2.31. The van der Waals surface area contributed by atoms with Crippen LogP contribution in [0.5, 0.6) is 0 Å². The van der Waals surface area contributed by atoms with Gasteiger partial charge >= 0.3 is 6.03 Å². The summed E-state index contributed by atoms with van der Waals surface area (Å²) in [4.78, 5) is 41.1. The quantitative estimate of drug-likeness (QED) is 0.477. The van der Waals surface area contributed by atoms with Crippen molar-refractivity contribution in [2.75, 3.05) is 6.54 Å². The summed E-state index contributed by atoms with van der Waals surface area (Å²) in [5.41, 5.74) is 2.63. The number of imide groups is 1. The number of hydrogen-bond acceptors (Lipinski definition) is 4. The Morgan fingerprint density at radius 1 is 1.06 bits per heavy atom. The number of amides is 4. The molecule has 2 N–H and O–H groups in total. The summed E-state index contributed by atoms with van der Waals surface area (Å²) in [7, 11) is 0. The molecule has 1 fully saturated rings. The fraction of sp³-hybridized carbons (Fsp3) is 0.321. The Hall–Kier alpha value is -3.45. The van der Waals surface area contributed by atoms with E-state index in [0.717, 1.165) is 26.5 Å². The molecule has 1 aliphatic heterocycles. The lowest BCUT2D eigenvalue weighted by Crippen LogP contribution is -2.44. The molecule has 0 bridgehead atoms. The van der Waals surface area contributed by atoms with Crippen molar-refractivity contribution < 1.29 is 14.4 Å². The SMILES string of the molecule is Cc1ccc(C(NC(=O)CN2C(=O)NC(C)(c3ccc(C(C)(C)C)cc3)C2=O)c2cccs2)cc1. The van der Waals surface area contributed by atoms with Crippen molar-refractivity contribution >= 4 is 29.2 Å². The van der Waals surface area contributed by atoms with E-state index in [-0.39, 0.29) is 18.0 Å². The second-order valence-electron chi connectivity index (χ2n) is 10.2. The standard InChI is InChI=1S/C28H31N3O3S/c1-18-8-10-19(11-9-18)24(22-7-6-16-35-22)29-23(32)17-31-25(33)28(5,30-26(31)34)21-14-12-20(13-15-21)27(2,3)4/h6-16,24H,17H2,1-5H3,(H,29,32)(H,30,34). The number of hydrogen-bond donors (Lipinski definition) is 2. The zero-order chi connectivity index (χ0) is 25.4. The van der Waals surface area contributed by atoms with Gasteiger partial charge in [-0.3, -0.25) is 14.5 Å². The van der Waals surface area contributed by atoms with E-state index in [9.17, 15) is 14.4 Å². The molecule has 4 rings (SSSR count). The zero-order valence-corrected chi connectivity index (χ0v) is 21.5. The molecule has 2 atom stereocenters. The number of carbonyl (C=O) groups is 3. The van der Waals surface area contributed by atoms with Gasteiger partial charge in [-0.1, -0.05) is 80.9 Å². The maximum Gasteiger partial charge on any atom is 0.325 e. The van der Waals surface area contributed by atoms with Crippen LogP contribution < -0.4 is 10.6 Å². The van der Waals surface area contributed by atoms with Crippen LogP contribution in [0.3, 0.4) is 0 Å². The number of nitrogens with zero attached hydrogens (tertiary/aromatic N) is 1. The zero-order valence-electron chi connectivity index (χ0n) is 20.7. The summed E-state index contributed by atoms with van der Waals surface area (Å²) in [6.45, 7) is 9.69. The summed E-state index contributed by atoms with van der Waals surface area (Å²) >= 11 is 1.54. The highest BCUT2D eigenvalue weighted by molar-refractivity contribution is 7.10. The second-order valence-corrected chi connectivity index (χ2v) is 11.2. The largest absolute Gasteiger partial charge is 0.343 e. The Morgan fingerprint density at radius 2 is 1.71 bits per heavy atom. The lowest BCUT2D eigenvalue weighted by molar-refractivity contribution is -0.135. The Morgan fingerprint density at radius 3 is 2.29 bits per heavy atom. The van der Waals surface area contributed by atoms with E-state index >= 15 is 0 Å². The van der Waals surface area contributed by atoms with Gasteiger partial charge < -0.3 is 10.6 Å². The van der Waals surface area contributed by atoms with Gasteiger partial charge in [0.05, 0.1) is 6.04 Å². The smallest absolute Gasteiger partial charge is 0.325 e. The molecule has 0 spiro atoms. The van der Waals surface area contributed by atoms with E-state index < -0.39 is 23.4 Å². The highest BCUT2D eigenvalue weighted by atomic mass is 32.1. The molecule has 7 heteroatoms. The van der Waals surface area contributed by atoms with Crippen LogP contribution in [0.25, 0.3) is 0 Å². The van der Waals surface area contributed by atoms with E-state index in [4.69, 9.17) is 0 Å². The third kappa shape index (κ3) is 5.00. The van der Waals surface area contributed by atoms with Gasteiger partial charge in [0.2, 0.25) is 5.91 Å². The van der Waals surface area contributed by atoms with E-state index in [1.54, 1.807) is 18.3 Å². The first kappa shape index (κ1) is 24.7. The van der Waals surface area contributed by atoms with Gasteiger partial charge in [0.15, 0.2) is 0 Å². The van der Waals surface area contributed by atoms with Crippen molar-refractivity contribution in [3.63, 3.8) is 0 Å². The van der Waals surface area contributed by atoms with Gasteiger partial charge in [-0.05, 0) is 47.4 Å². The Bertz CT molecular complexity index is 1230. The predicted molar refractivity (Wildman–Crippen MR) is 138 cm³/mol. The average molecular weight is 490 g/mol. The minimum Gasteiger partial charge on any atom is -0.343 e. The number of benzene rings is 2. The highest BCUT2D eigenvalue weighted by Gasteiger charge is 2.49. The van der Waals surface area contributed by atoms with E-state index in [0.29, 0.717) is 5.56 Å². The molecule has 1 aromatic heterocycles. The van der Waals surface area contributed by atoms with Crippen molar-refractivity contribution in [3.05, 3.63) is 93.2 Å². The van der Waals surface area contributed by atoms with Crippen LogP contribution in [-0.4, -0.2) is 29.3 Å². The normalized spacial score (nSPS) is 18.9. The van der Waals surface area contributed by atoms with Gasteiger partial charge in [-0.2, -0.15) is 0 Å². The predicted octanol–water partition coefficient (Wildman–Crippen LogP) is 5.03. The van der Waals surface area contributed by atoms with Crippen LogP contribution in [0, 0.1) is 6.92 Å². The van der Waals surface area contributed by atoms with Crippen LogP contribution in [-0.2, 0) is 20.5 Å². The molecule has 6 nitrogen and oxygen atoms in total. The second kappa shape index (κ2) is 9.30. The molecule has 3 aromatic rings. The number of nitrogens with one attached hydrogen (secondary N) is 2. The van der Waals surface area contributed by atoms with Gasteiger partial charge in [0.25, 0.3) is 5.91 Å². The Kier molecular flexibility index (Phi) is 6.56. The first-order valence-electron chi connectivity index (χ1n) is 11.6. The van der Waals surface area contributed by atoms with E-state index in [1.807, 2.05) is 73.0 Å². The van der Waals surface area contributed by atoms with Crippen molar-refractivity contribution in [2.45, 2.75) is 51.6 Å². The summed E-state index contributed by atoms with van der Waals surface area (Å²) in [5.74, 6) is -0.844. The molecule has 182 valence electrons. The van der Waals surface area contributed by atoms with Crippen LogP contribution in [0.2, 0.25) is 0 Å². The fourth-order valence-corrected chi connectivity index (χ4v) is 5.03. The fourth-order valence-electron chi connectivity index (χ4n) is 4.22. The molecule has 4 amide bonds. The summed E-state index contributed by atoms with van der Waals surface area (Å²) in [6, 6.07) is 18.6. The van der Waals surface area contributed by atoms with E-state index in [1.165, 1.54) is 0 Å². The van der Waals surface area contributed by atoms with Crippen molar-refractivity contribution in [1.29, 1.82) is 0 Å². The van der Waals surface area contributed by atoms with Crippen molar-refractivity contribution in [2.24, 2.45) is 0 Å². The van der Waals surface area contributed by atoms with Crippen molar-refractivity contribution in [3.8, 4) is 0 Å². The molecular weight excluding hydrogens is 458 g/mol. The third-order valence-electron chi connectivity index (χ3n) is 6.45. The topological polar surface area (TPSA) is 78.5 Å². The van der Waals surface area contributed by atoms with Crippen LogP contribution in [0.15, 0.2) is 66.0 Å². The first-order valence-corrected chi connectivity index (χ1v) is 12.5. The Balaban J connectivity index is 1.51. The third-order valence-corrected chi connectivity index (χ3v) is 7.39. The lowest BCUT2D eigenvalue weighted by atomic mass is 9.84. The molecule has 1 aliphatic rings. The summed E-state index contributed by atoms with van der Waals surface area (Å²) in [5, 5.41) is 7.76. The lowest BCUT2D eigenvalue weighted by Gasteiger charge is -2.25. The van der Waals surface area contributed by atoms with Gasteiger partial charge in [-0.25, -0.2) is 4.79 Å². The van der Waals surface area contributed by atoms with E-state index in [2.05, 4.69) is 31.4 Å². The number of rotatable bonds is 6. The Labute approximate surface area is 210 Å². The summed E-state index contributed by atoms with van der Waals surface area (Å²) < 4.78 is 0. The minimum atomic E-state index is -1.22. The maximum atomic E-state index is 13.3. The minimum absolute atomic E-state index is 0.0248. The maximum absolute atomic E-state index is 13.3. The van der Waals surface area contributed by atoms with Crippen LogP contribution >= 0.6 is 11.3 Å². The first-order chi connectivity index (χ1) is 16.5. The number of carbonyl (C=O) groups excluding carboxylic acids is 3. The van der Waals surface area contributed by atoms with Gasteiger partial charge in [0, 0.05) is 4.88 Å². The van der Waals surface area contributed by atoms with Crippen LogP contribution in [0.4, 0.5) is 4.79 Å². The number of urea groups is 1. The molecule has 1 saturated heterocycles. The average Bonchev–Trinajstić information content (AvgIpc) is 3.41. The molecule has 2 unspecified atom stereocenters. The van der Waals surface area contributed by atoms with Gasteiger partial charge in [-0.15, -0.1) is 11.3 Å². The molecule has 2 heterocycles. The van der Waals surface area contributed by atoms with Gasteiger partial charge in [0.1, 0.15) is 12.1 Å². The monoisotopic (exact) mass is 489 g/mol. The molecule has 0 aliphatic carbocycles. The van der Waals surface area contributed by atoms with Crippen molar-refractivity contribution in [1.82, 2.24) is 15.5 Å². The molecule has 0 saturated carbocycles. The molecule has 2 aromatic carbocycles.